The predicted octanol–water partition coefficient (Wildman–Crippen LogP) is 3.00. The van der Waals surface area contributed by atoms with Crippen molar-refractivity contribution in [3.05, 3.63) is 53.2 Å². The topological polar surface area (TPSA) is 47.4 Å². The van der Waals surface area contributed by atoms with E-state index in [4.69, 9.17) is 18.2 Å². The molecule has 86 valence electrons. The molecule has 0 spiro atoms. The predicted molar refractivity (Wildman–Crippen MR) is 67.5 cm³/mol. The first-order valence-corrected chi connectivity index (χ1v) is 5.50. The van der Waals surface area contributed by atoms with Gasteiger partial charge < -0.3 is 4.85 Å². The van der Waals surface area contributed by atoms with Crippen molar-refractivity contribution >= 4 is 23.1 Å². The molecule has 0 saturated heterocycles. The maximum absolute atomic E-state index is 7.05. The molecule has 3 rings (SSSR count). The lowest BCUT2D eigenvalue weighted by Crippen LogP contribution is -1.94. The molecule has 0 fully saturated rings. The standard InChI is InChI=1S/C12H6ClN5/c1-14-11-7-16-10-5-4-9(17-18(10)11)8-3-2-6-15-12(8)13/h2-7H. The molecule has 0 aliphatic carbocycles. The van der Waals surface area contributed by atoms with Crippen LogP contribution in [0.2, 0.25) is 5.15 Å². The molecular weight excluding hydrogens is 250 g/mol. The van der Waals surface area contributed by atoms with E-state index in [0.29, 0.717) is 22.3 Å². The van der Waals surface area contributed by atoms with Crippen LogP contribution in [-0.4, -0.2) is 19.6 Å². The van der Waals surface area contributed by atoms with Crippen molar-refractivity contribution in [3.63, 3.8) is 0 Å². The molecule has 0 aliphatic rings. The number of hydrogen-bond acceptors (Lipinski definition) is 3. The highest BCUT2D eigenvalue weighted by Crippen LogP contribution is 2.25. The summed E-state index contributed by atoms with van der Waals surface area (Å²) < 4.78 is 1.49. The van der Waals surface area contributed by atoms with Gasteiger partial charge in [-0.15, -0.1) is 4.52 Å². The minimum Gasteiger partial charge on any atom is -0.360 e. The maximum Gasteiger partial charge on any atom is 0.275 e. The van der Waals surface area contributed by atoms with Crippen LogP contribution in [0.3, 0.4) is 0 Å². The van der Waals surface area contributed by atoms with Gasteiger partial charge in [0.15, 0.2) is 0 Å². The lowest BCUT2D eigenvalue weighted by atomic mass is 10.2. The van der Waals surface area contributed by atoms with Crippen LogP contribution >= 0.6 is 11.6 Å². The van der Waals surface area contributed by atoms with Crippen LogP contribution in [0, 0.1) is 6.57 Å². The third kappa shape index (κ3) is 1.60. The third-order valence-electron chi connectivity index (χ3n) is 2.49. The average Bonchev–Trinajstić information content (AvgIpc) is 2.81. The number of halogens is 1. The Labute approximate surface area is 108 Å². The number of hydrogen-bond donors (Lipinski definition) is 0. The van der Waals surface area contributed by atoms with Gasteiger partial charge in [-0.05, 0) is 18.2 Å². The Bertz CT molecular complexity index is 771. The van der Waals surface area contributed by atoms with Crippen molar-refractivity contribution in [2.45, 2.75) is 0 Å². The second-order valence-corrected chi connectivity index (χ2v) is 3.92. The summed E-state index contributed by atoms with van der Waals surface area (Å²) in [6, 6.07) is 7.22. The Morgan fingerprint density at radius 1 is 1.22 bits per heavy atom. The minimum absolute atomic E-state index is 0.367. The molecular formula is C12H6ClN5. The number of rotatable bonds is 1. The van der Waals surface area contributed by atoms with Gasteiger partial charge >= 0.3 is 0 Å². The molecule has 0 N–H and O–H groups in total. The highest BCUT2D eigenvalue weighted by molar-refractivity contribution is 6.32. The van der Waals surface area contributed by atoms with Gasteiger partial charge in [-0.2, -0.15) is 0 Å². The second-order valence-electron chi connectivity index (χ2n) is 3.56. The summed E-state index contributed by atoms with van der Waals surface area (Å²) in [5, 5.41) is 4.74. The van der Waals surface area contributed by atoms with Gasteiger partial charge in [0, 0.05) is 17.8 Å². The van der Waals surface area contributed by atoms with E-state index < -0.39 is 0 Å². The fraction of sp³-hybridized carbons (Fsp3) is 0. The molecule has 0 bridgehead atoms. The summed E-state index contributed by atoms with van der Waals surface area (Å²) in [7, 11) is 0. The second kappa shape index (κ2) is 4.09. The summed E-state index contributed by atoms with van der Waals surface area (Å²) in [5.41, 5.74) is 2.01. The van der Waals surface area contributed by atoms with E-state index >= 15 is 0 Å². The molecule has 3 aromatic heterocycles. The van der Waals surface area contributed by atoms with Crippen LogP contribution < -0.4 is 0 Å². The maximum atomic E-state index is 7.05. The highest BCUT2D eigenvalue weighted by atomic mass is 35.5. The quantitative estimate of drug-likeness (QED) is 0.496. The van der Waals surface area contributed by atoms with Gasteiger partial charge in [0.05, 0.1) is 6.20 Å². The van der Waals surface area contributed by atoms with E-state index in [2.05, 4.69) is 19.9 Å². The average molecular weight is 256 g/mol. The molecule has 0 radical (unpaired) electrons. The summed E-state index contributed by atoms with van der Waals surface area (Å²) in [5.74, 6) is 0.367. The Kier molecular flexibility index (Phi) is 2.43. The number of imidazole rings is 1. The largest absolute Gasteiger partial charge is 0.360 e. The van der Waals surface area contributed by atoms with E-state index in [1.54, 1.807) is 24.4 Å². The molecule has 0 atom stereocenters. The highest BCUT2D eigenvalue weighted by Gasteiger charge is 2.11. The summed E-state index contributed by atoms with van der Waals surface area (Å²) >= 11 is 6.02. The molecule has 3 heterocycles. The molecule has 0 unspecified atom stereocenters. The first-order chi connectivity index (χ1) is 8.79. The first-order valence-electron chi connectivity index (χ1n) is 5.13. The molecule has 18 heavy (non-hydrogen) atoms. The monoisotopic (exact) mass is 255 g/mol. The van der Waals surface area contributed by atoms with Crippen LogP contribution in [-0.2, 0) is 0 Å². The number of aromatic nitrogens is 4. The molecule has 0 aromatic carbocycles. The van der Waals surface area contributed by atoms with Gasteiger partial charge in [0.25, 0.3) is 5.82 Å². The normalized spacial score (nSPS) is 10.4. The number of pyridine rings is 1. The molecule has 0 aliphatic heterocycles. The Morgan fingerprint density at radius 3 is 2.89 bits per heavy atom. The van der Waals surface area contributed by atoms with Gasteiger partial charge in [-0.3, -0.25) is 0 Å². The van der Waals surface area contributed by atoms with Crippen LogP contribution in [0.15, 0.2) is 36.7 Å². The Morgan fingerprint density at radius 2 is 2.11 bits per heavy atom. The molecule has 0 amide bonds. The van der Waals surface area contributed by atoms with Crippen LogP contribution in [0.1, 0.15) is 0 Å². The SMILES string of the molecule is [C-]#[N+]c1cnc2ccc(-c3cccnc3Cl)nn12. The Hall–Kier alpha value is -2.45. The van der Waals surface area contributed by atoms with Crippen molar-refractivity contribution < 1.29 is 0 Å². The smallest absolute Gasteiger partial charge is 0.275 e. The molecule has 5 nitrogen and oxygen atoms in total. The number of nitrogens with zero attached hydrogens (tertiary/aromatic N) is 5. The zero-order valence-corrected chi connectivity index (χ0v) is 9.83. The summed E-state index contributed by atoms with van der Waals surface area (Å²) in [6.45, 7) is 7.05. The summed E-state index contributed by atoms with van der Waals surface area (Å²) in [4.78, 5) is 11.4. The molecule has 3 aromatic rings. The van der Waals surface area contributed by atoms with Gasteiger partial charge in [0.2, 0.25) is 5.65 Å². The van der Waals surface area contributed by atoms with Gasteiger partial charge in [0.1, 0.15) is 10.8 Å². The third-order valence-corrected chi connectivity index (χ3v) is 2.80. The van der Waals surface area contributed by atoms with Crippen LogP contribution in [0.5, 0.6) is 0 Å². The first kappa shape index (κ1) is 10.7. The van der Waals surface area contributed by atoms with Gasteiger partial charge in [-0.25, -0.2) is 9.97 Å². The molecule has 0 saturated carbocycles. The zero-order chi connectivity index (χ0) is 12.5. The Balaban J connectivity index is 2.25. The van der Waals surface area contributed by atoms with Crippen molar-refractivity contribution in [1.29, 1.82) is 0 Å². The van der Waals surface area contributed by atoms with Crippen LogP contribution in [0.25, 0.3) is 21.7 Å². The van der Waals surface area contributed by atoms with E-state index in [1.807, 2.05) is 6.07 Å². The lowest BCUT2D eigenvalue weighted by molar-refractivity contribution is 0.956. The minimum atomic E-state index is 0.367. The van der Waals surface area contributed by atoms with E-state index in [-0.39, 0.29) is 0 Å². The molecule has 6 heteroatoms. The van der Waals surface area contributed by atoms with Crippen LogP contribution in [0.4, 0.5) is 5.82 Å². The number of fused-ring (bicyclic) bond motifs is 1. The van der Waals surface area contributed by atoms with Crippen molar-refractivity contribution in [1.82, 2.24) is 19.6 Å². The van der Waals surface area contributed by atoms with Crippen molar-refractivity contribution in [2.75, 3.05) is 0 Å². The van der Waals surface area contributed by atoms with E-state index in [0.717, 1.165) is 5.56 Å². The van der Waals surface area contributed by atoms with Gasteiger partial charge in [-0.1, -0.05) is 23.3 Å². The lowest BCUT2D eigenvalue weighted by Gasteiger charge is -2.01. The fourth-order valence-corrected chi connectivity index (χ4v) is 1.87. The fourth-order valence-electron chi connectivity index (χ4n) is 1.66. The van der Waals surface area contributed by atoms with Crippen molar-refractivity contribution in [2.24, 2.45) is 0 Å². The summed E-state index contributed by atoms with van der Waals surface area (Å²) in [6.07, 6.45) is 3.11. The zero-order valence-electron chi connectivity index (χ0n) is 9.08. The van der Waals surface area contributed by atoms with E-state index in [9.17, 15) is 0 Å². The van der Waals surface area contributed by atoms with Crippen molar-refractivity contribution in [3.8, 4) is 11.3 Å². The van der Waals surface area contributed by atoms with E-state index in [1.165, 1.54) is 10.7 Å².